The molecule has 2 aliphatic carbocycles. The Bertz CT molecular complexity index is 1360. The van der Waals surface area contributed by atoms with Gasteiger partial charge in [-0.1, -0.05) is 11.8 Å². The first-order chi connectivity index (χ1) is 15.0. The Morgan fingerprint density at radius 2 is 2.13 bits per heavy atom. The maximum Gasteiger partial charge on any atom is 0.330 e. The number of carbonyl (C=O) groups excluding carboxylic acids is 1. The van der Waals surface area contributed by atoms with Crippen LogP contribution in [0.15, 0.2) is 26.1 Å². The highest BCUT2D eigenvalue weighted by Gasteiger charge is 2.33. The van der Waals surface area contributed by atoms with Gasteiger partial charge in [0.15, 0.2) is 5.65 Å². The predicted octanol–water partition coefficient (Wildman–Crippen LogP) is 2.74. The van der Waals surface area contributed by atoms with Crippen LogP contribution in [0.25, 0.3) is 11.0 Å². The lowest BCUT2D eigenvalue weighted by Crippen LogP contribution is -2.31. The Morgan fingerprint density at radius 3 is 2.81 bits per heavy atom. The van der Waals surface area contributed by atoms with Gasteiger partial charge in [-0.25, -0.2) is 14.8 Å². The molecule has 3 aromatic rings. The minimum atomic E-state index is -0.584. The Hall–Kier alpha value is -2.97. The van der Waals surface area contributed by atoms with Gasteiger partial charge >= 0.3 is 5.69 Å². The predicted molar refractivity (Wildman–Crippen MR) is 118 cm³/mol. The highest BCUT2D eigenvalue weighted by molar-refractivity contribution is 8.00. The quantitative estimate of drug-likeness (QED) is 0.432. The number of carbonyl (C=O) groups is 1. The SMILES string of the molecule is C[C@@H](Sc1nc(C2CC2)nc2c1c(=O)[nH]c(=O)n2C1CC1)C(=O)Nc1sccc1C#N. The number of thioether (sulfide) groups is 1. The first-order valence-electron chi connectivity index (χ1n) is 9.98. The molecule has 0 saturated heterocycles. The number of H-pyrrole nitrogens is 1. The third-order valence-electron chi connectivity index (χ3n) is 5.30. The molecule has 0 unspecified atom stereocenters. The number of rotatable bonds is 6. The molecule has 9 nitrogen and oxygen atoms in total. The van der Waals surface area contributed by atoms with E-state index in [2.05, 4.69) is 20.3 Å². The van der Waals surface area contributed by atoms with E-state index in [1.807, 2.05) is 6.07 Å². The molecule has 0 bridgehead atoms. The summed E-state index contributed by atoms with van der Waals surface area (Å²) in [6.45, 7) is 1.72. The van der Waals surface area contributed by atoms with Crippen molar-refractivity contribution < 1.29 is 4.79 Å². The summed E-state index contributed by atoms with van der Waals surface area (Å²) in [6.07, 6.45) is 3.68. The Morgan fingerprint density at radius 1 is 1.35 bits per heavy atom. The van der Waals surface area contributed by atoms with Crippen molar-refractivity contribution in [3.8, 4) is 6.07 Å². The number of aromatic nitrogens is 4. The number of anilines is 1. The molecule has 3 heterocycles. The maximum absolute atomic E-state index is 12.8. The van der Waals surface area contributed by atoms with Gasteiger partial charge in [-0.2, -0.15) is 5.26 Å². The summed E-state index contributed by atoms with van der Waals surface area (Å²) in [7, 11) is 0. The van der Waals surface area contributed by atoms with Gasteiger partial charge in [0, 0.05) is 12.0 Å². The van der Waals surface area contributed by atoms with Crippen molar-refractivity contribution in [2.24, 2.45) is 0 Å². The lowest BCUT2D eigenvalue weighted by Gasteiger charge is -2.14. The highest BCUT2D eigenvalue weighted by atomic mass is 32.2. The van der Waals surface area contributed by atoms with E-state index in [0.717, 1.165) is 37.4 Å². The maximum atomic E-state index is 12.8. The normalized spacial score (nSPS) is 16.8. The molecule has 2 N–H and O–H groups in total. The van der Waals surface area contributed by atoms with E-state index in [0.29, 0.717) is 27.1 Å². The number of fused-ring (bicyclic) bond motifs is 1. The van der Waals surface area contributed by atoms with Crippen LogP contribution in [0.3, 0.4) is 0 Å². The molecule has 0 aliphatic heterocycles. The molecule has 2 aliphatic rings. The number of nitriles is 1. The van der Waals surface area contributed by atoms with Gasteiger partial charge < -0.3 is 5.32 Å². The molecule has 1 amide bonds. The number of nitrogens with zero attached hydrogens (tertiary/aromatic N) is 4. The molecule has 0 aromatic carbocycles. The van der Waals surface area contributed by atoms with Gasteiger partial charge in [-0.3, -0.25) is 19.1 Å². The molecular weight excluding hydrogens is 436 g/mol. The van der Waals surface area contributed by atoms with E-state index in [-0.39, 0.29) is 23.3 Å². The Kier molecular flexibility index (Phi) is 4.91. The van der Waals surface area contributed by atoms with Crippen molar-refractivity contribution in [3.05, 3.63) is 43.7 Å². The number of amides is 1. The fraction of sp³-hybridized carbons (Fsp3) is 0.400. The van der Waals surface area contributed by atoms with Gasteiger partial charge in [-0.15, -0.1) is 11.3 Å². The minimum Gasteiger partial charge on any atom is -0.316 e. The third kappa shape index (κ3) is 3.77. The third-order valence-corrected chi connectivity index (χ3v) is 7.22. The fourth-order valence-electron chi connectivity index (χ4n) is 3.34. The monoisotopic (exact) mass is 454 g/mol. The van der Waals surface area contributed by atoms with E-state index >= 15 is 0 Å². The molecule has 0 radical (unpaired) electrons. The second kappa shape index (κ2) is 7.62. The molecule has 1 atom stereocenters. The average molecular weight is 455 g/mol. The lowest BCUT2D eigenvalue weighted by atomic mass is 10.3. The number of hydrogen-bond donors (Lipinski definition) is 2. The lowest BCUT2D eigenvalue weighted by molar-refractivity contribution is -0.115. The summed E-state index contributed by atoms with van der Waals surface area (Å²) in [5.74, 6) is 0.543. The van der Waals surface area contributed by atoms with Crippen LogP contribution in [0, 0.1) is 11.3 Å². The van der Waals surface area contributed by atoms with Crippen LogP contribution < -0.4 is 16.6 Å². The second-order valence-electron chi connectivity index (χ2n) is 7.74. The van der Waals surface area contributed by atoms with Gasteiger partial charge in [-0.05, 0) is 44.1 Å². The first-order valence-corrected chi connectivity index (χ1v) is 11.7. The van der Waals surface area contributed by atoms with Crippen LogP contribution in [0.2, 0.25) is 0 Å². The van der Waals surface area contributed by atoms with Crippen molar-refractivity contribution in [2.75, 3.05) is 5.32 Å². The first kappa shape index (κ1) is 20.0. The summed E-state index contributed by atoms with van der Waals surface area (Å²) in [4.78, 5) is 49.5. The van der Waals surface area contributed by atoms with E-state index in [1.165, 1.54) is 11.3 Å². The van der Waals surface area contributed by atoms with E-state index in [9.17, 15) is 14.4 Å². The summed E-state index contributed by atoms with van der Waals surface area (Å²) in [5.41, 5.74) is -0.236. The van der Waals surface area contributed by atoms with E-state index < -0.39 is 16.5 Å². The second-order valence-corrected chi connectivity index (χ2v) is 9.99. The number of hydrogen-bond acceptors (Lipinski definition) is 8. The average Bonchev–Trinajstić information content (AvgIpc) is 3.66. The summed E-state index contributed by atoms with van der Waals surface area (Å²) >= 11 is 2.44. The van der Waals surface area contributed by atoms with Crippen LogP contribution in [0.4, 0.5) is 5.00 Å². The minimum absolute atomic E-state index is 0.0376. The molecule has 5 rings (SSSR count). The van der Waals surface area contributed by atoms with Crippen molar-refractivity contribution in [3.63, 3.8) is 0 Å². The smallest absolute Gasteiger partial charge is 0.316 e. The van der Waals surface area contributed by atoms with Crippen molar-refractivity contribution in [2.45, 2.75) is 54.8 Å². The standard InChI is InChI=1S/C20H18N6O3S2/c1-9(16(27)24-18-11(8-21)6-7-30-18)31-19-13-15(22-14(23-19)10-2-3-10)26(12-4-5-12)20(29)25-17(13)28/h6-7,9-10,12H,2-5H2,1H3,(H,24,27)(H,25,28,29)/t9-/m1/s1. The molecular formula is C20H18N6O3S2. The molecule has 0 spiro atoms. The van der Waals surface area contributed by atoms with Crippen molar-refractivity contribution in [1.82, 2.24) is 19.5 Å². The summed E-state index contributed by atoms with van der Waals surface area (Å²) in [5, 5.41) is 14.2. The Labute approximate surface area is 184 Å². The van der Waals surface area contributed by atoms with E-state index in [4.69, 9.17) is 5.26 Å². The molecule has 2 saturated carbocycles. The van der Waals surface area contributed by atoms with Crippen molar-refractivity contribution >= 4 is 45.0 Å². The topological polar surface area (TPSA) is 134 Å². The van der Waals surface area contributed by atoms with Gasteiger partial charge in [0.1, 0.15) is 27.3 Å². The molecule has 2 fully saturated rings. The van der Waals surface area contributed by atoms with Crippen LogP contribution in [-0.4, -0.2) is 30.7 Å². The van der Waals surface area contributed by atoms with Crippen molar-refractivity contribution in [1.29, 1.82) is 5.26 Å². The molecule has 3 aromatic heterocycles. The van der Waals surface area contributed by atoms with Crippen LogP contribution >= 0.6 is 23.1 Å². The van der Waals surface area contributed by atoms with Gasteiger partial charge in [0.25, 0.3) is 5.56 Å². The number of nitrogens with one attached hydrogen (secondary N) is 2. The highest BCUT2D eigenvalue weighted by Crippen LogP contribution is 2.41. The van der Waals surface area contributed by atoms with Crippen LogP contribution in [-0.2, 0) is 4.79 Å². The van der Waals surface area contributed by atoms with Crippen LogP contribution in [0.5, 0.6) is 0 Å². The summed E-state index contributed by atoms with van der Waals surface area (Å²) in [6, 6.07) is 3.73. The number of aromatic amines is 1. The van der Waals surface area contributed by atoms with Crippen LogP contribution in [0.1, 0.15) is 56.0 Å². The zero-order valence-electron chi connectivity index (χ0n) is 16.5. The molecule has 31 heavy (non-hydrogen) atoms. The molecule has 11 heteroatoms. The zero-order chi connectivity index (χ0) is 21.7. The van der Waals surface area contributed by atoms with E-state index in [1.54, 1.807) is 22.9 Å². The fourth-order valence-corrected chi connectivity index (χ4v) is 5.03. The number of thiophene rings is 1. The Balaban J connectivity index is 1.54. The van der Waals surface area contributed by atoms with Gasteiger partial charge in [0.05, 0.1) is 10.8 Å². The largest absolute Gasteiger partial charge is 0.330 e. The molecule has 158 valence electrons. The summed E-state index contributed by atoms with van der Waals surface area (Å²) < 4.78 is 1.56. The zero-order valence-corrected chi connectivity index (χ0v) is 18.2. The van der Waals surface area contributed by atoms with Gasteiger partial charge in [0.2, 0.25) is 5.91 Å².